The van der Waals surface area contributed by atoms with Gasteiger partial charge in [0, 0.05) is 25.2 Å². The molecule has 6 heteroatoms. The summed E-state index contributed by atoms with van der Waals surface area (Å²) >= 11 is 0. The van der Waals surface area contributed by atoms with Crippen LogP contribution in [0, 0.1) is 5.92 Å². The maximum Gasteiger partial charge on any atom is 0.336 e. The SMILES string of the molecule is COc1ccc(/C=C/C(=O)Oc2ccc(-c3ccc(OCCCCCCC(CO)CO)cc3)cc2)cc1. The summed E-state index contributed by atoms with van der Waals surface area (Å²) in [7, 11) is 1.61. The molecule has 3 aromatic carbocycles. The number of hydrogen-bond donors (Lipinski definition) is 2. The van der Waals surface area contributed by atoms with Gasteiger partial charge in [0.15, 0.2) is 0 Å². The van der Waals surface area contributed by atoms with E-state index in [4.69, 9.17) is 24.4 Å². The van der Waals surface area contributed by atoms with E-state index in [1.807, 2.05) is 60.7 Å². The number of carbonyl (C=O) groups is 1. The first-order chi connectivity index (χ1) is 18.1. The molecule has 0 saturated heterocycles. The van der Waals surface area contributed by atoms with E-state index in [2.05, 4.69) is 0 Å². The lowest BCUT2D eigenvalue weighted by atomic mass is 10.0. The van der Waals surface area contributed by atoms with Gasteiger partial charge in [-0.2, -0.15) is 0 Å². The highest BCUT2D eigenvalue weighted by molar-refractivity contribution is 5.88. The number of benzene rings is 3. The van der Waals surface area contributed by atoms with Gasteiger partial charge < -0.3 is 24.4 Å². The van der Waals surface area contributed by atoms with Crippen LogP contribution in [0.3, 0.4) is 0 Å². The zero-order chi connectivity index (χ0) is 26.3. The van der Waals surface area contributed by atoms with E-state index in [1.165, 1.54) is 6.08 Å². The lowest BCUT2D eigenvalue weighted by Gasteiger charge is -2.10. The molecule has 0 saturated carbocycles. The molecule has 0 amide bonds. The van der Waals surface area contributed by atoms with Crippen LogP contribution >= 0.6 is 0 Å². The van der Waals surface area contributed by atoms with Crippen molar-refractivity contribution in [1.29, 1.82) is 0 Å². The van der Waals surface area contributed by atoms with Crippen LogP contribution < -0.4 is 14.2 Å². The van der Waals surface area contributed by atoms with Crippen molar-refractivity contribution in [3.05, 3.63) is 84.4 Å². The summed E-state index contributed by atoms with van der Waals surface area (Å²) in [4.78, 5) is 12.1. The fourth-order valence-corrected chi connectivity index (χ4v) is 3.81. The van der Waals surface area contributed by atoms with Crippen LogP contribution in [-0.2, 0) is 4.79 Å². The standard InChI is InChI=1S/C31H36O6/c1-35-28-14-7-24(8-15-28)9-20-31(34)37-30-18-12-27(13-19-30)26-10-16-29(17-11-26)36-21-5-3-2-4-6-25(22-32)23-33/h7-20,25,32-33H,2-6,21-23H2,1H3/b20-9+. The predicted molar refractivity (Wildman–Crippen MR) is 146 cm³/mol. The van der Waals surface area contributed by atoms with Crippen LogP contribution in [0.25, 0.3) is 17.2 Å². The Morgan fingerprint density at radius 2 is 1.32 bits per heavy atom. The van der Waals surface area contributed by atoms with Gasteiger partial charge in [-0.15, -0.1) is 0 Å². The molecular formula is C31H36O6. The molecule has 196 valence electrons. The van der Waals surface area contributed by atoms with Crippen LogP contribution in [-0.4, -0.2) is 43.1 Å². The quantitative estimate of drug-likeness (QED) is 0.116. The summed E-state index contributed by atoms with van der Waals surface area (Å²) in [5.41, 5.74) is 2.95. The average molecular weight is 505 g/mol. The molecule has 0 aliphatic heterocycles. The van der Waals surface area contributed by atoms with E-state index >= 15 is 0 Å². The van der Waals surface area contributed by atoms with Gasteiger partial charge >= 0.3 is 5.97 Å². The Morgan fingerprint density at radius 1 is 0.757 bits per heavy atom. The zero-order valence-electron chi connectivity index (χ0n) is 21.3. The number of esters is 1. The minimum atomic E-state index is -0.440. The average Bonchev–Trinajstić information content (AvgIpc) is 2.94. The Morgan fingerprint density at radius 3 is 1.92 bits per heavy atom. The van der Waals surface area contributed by atoms with E-state index in [9.17, 15) is 4.79 Å². The lowest BCUT2D eigenvalue weighted by Crippen LogP contribution is -2.10. The van der Waals surface area contributed by atoms with Crippen LogP contribution in [0.15, 0.2) is 78.9 Å². The molecule has 6 nitrogen and oxygen atoms in total. The Hall–Kier alpha value is -3.61. The number of methoxy groups -OCH3 is 1. The summed E-state index contributed by atoms with van der Waals surface area (Å²) in [6.45, 7) is 0.767. The van der Waals surface area contributed by atoms with E-state index < -0.39 is 5.97 Å². The number of unbranched alkanes of at least 4 members (excludes halogenated alkanes) is 3. The molecule has 3 rings (SSSR count). The van der Waals surface area contributed by atoms with Crippen LogP contribution in [0.1, 0.15) is 37.7 Å². The fourth-order valence-electron chi connectivity index (χ4n) is 3.81. The number of aliphatic hydroxyl groups excluding tert-OH is 2. The minimum Gasteiger partial charge on any atom is -0.497 e. The third-order valence-electron chi connectivity index (χ3n) is 6.08. The number of carbonyl (C=O) groups excluding carboxylic acids is 1. The van der Waals surface area contributed by atoms with E-state index in [-0.39, 0.29) is 19.1 Å². The van der Waals surface area contributed by atoms with Crippen molar-refractivity contribution >= 4 is 12.0 Å². The Bertz CT molecular complexity index is 1080. The molecule has 0 fully saturated rings. The zero-order valence-corrected chi connectivity index (χ0v) is 21.3. The number of hydrogen-bond acceptors (Lipinski definition) is 6. The summed E-state index contributed by atoms with van der Waals surface area (Å²) in [5, 5.41) is 18.2. The van der Waals surface area contributed by atoms with Gasteiger partial charge in [0.1, 0.15) is 17.2 Å². The first kappa shape index (κ1) is 28.0. The van der Waals surface area contributed by atoms with E-state index in [0.29, 0.717) is 12.4 Å². The van der Waals surface area contributed by atoms with Crippen molar-refractivity contribution < 1.29 is 29.2 Å². The number of ether oxygens (including phenoxy) is 3. The summed E-state index contributed by atoms with van der Waals surface area (Å²) in [5.74, 6) is 1.64. The van der Waals surface area contributed by atoms with Crippen molar-refractivity contribution in [3.63, 3.8) is 0 Å². The highest BCUT2D eigenvalue weighted by atomic mass is 16.5. The minimum absolute atomic E-state index is 0.00822. The second-order valence-corrected chi connectivity index (χ2v) is 8.86. The summed E-state index contributed by atoms with van der Waals surface area (Å²) in [6.07, 6.45) is 8.09. The molecule has 0 heterocycles. The molecule has 3 aromatic rings. The summed E-state index contributed by atoms with van der Waals surface area (Å²) in [6, 6.07) is 22.7. The van der Waals surface area contributed by atoms with Gasteiger partial charge in [0.2, 0.25) is 0 Å². The number of rotatable bonds is 15. The largest absolute Gasteiger partial charge is 0.497 e. The molecular weight excluding hydrogens is 468 g/mol. The van der Waals surface area contributed by atoms with Gasteiger partial charge in [-0.05, 0) is 72.0 Å². The Labute approximate surface area is 219 Å². The molecule has 0 bridgehead atoms. The third kappa shape index (κ3) is 9.75. The molecule has 0 radical (unpaired) electrons. The fraction of sp³-hybridized carbons (Fsp3) is 0.323. The van der Waals surface area contributed by atoms with Gasteiger partial charge in [-0.1, -0.05) is 55.7 Å². The molecule has 0 aromatic heterocycles. The normalized spacial score (nSPS) is 11.1. The molecule has 37 heavy (non-hydrogen) atoms. The maximum atomic E-state index is 12.1. The van der Waals surface area contributed by atoms with Gasteiger partial charge in [-0.25, -0.2) is 4.79 Å². The first-order valence-electron chi connectivity index (χ1n) is 12.7. The van der Waals surface area contributed by atoms with Crippen LogP contribution in [0.2, 0.25) is 0 Å². The van der Waals surface area contributed by atoms with Crippen molar-refractivity contribution in [3.8, 4) is 28.4 Å². The smallest absolute Gasteiger partial charge is 0.336 e. The van der Waals surface area contributed by atoms with Gasteiger partial charge in [0.25, 0.3) is 0 Å². The molecule has 0 unspecified atom stereocenters. The Balaban J connectivity index is 1.39. The van der Waals surface area contributed by atoms with Crippen LogP contribution in [0.4, 0.5) is 0 Å². The third-order valence-corrected chi connectivity index (χ3v) is 6.08. The monoisotopic (exact) mass is 504 g/mol. The molecule has 0 aliphatic carbocycles. The van der Waals surface area contributed by atoms with E-state index in [0.717, 1.165) is 60.3 Å². The number of aliphatic hydroxyl groups is 2. The van der Waals surface area contributed by atoms with Crippen molar-refractivity contribution in [2.24, 2.45) is 5.92 Å². The van der Waals surface area contributed by atoms with Crippen LogP contribution in [0.5, 0.6) is 17.2 Å². The topological polar surface area (TPSA) is 85.2 Å². The lowest BCUT2D eigenvalue weighted by molar-refractivity contribution is -0.128. The predicted octanol–water partition coefficient (Wildman–Crippen LogP) is 5.91. The van der Waals surface area contributed by atoms with Crippen molar-refractivity contribution in [2.45, 2.75) is 32.1 Å². The second-order valence-electron chi connectivity index (χ2n) is 8.86. The van der Waals surface area contributed by atoms with Gasteiger partial charge in [0.05, 0.1) is 13.7 Å². The van der Waals surface area contributed by atoms with Gasteiger partial charge in [-0.3, -0.25) is 0 Å². The van der Waals surface area contributed by atoms with Crippen molar-refractivity contribution in [2.75, 3.05) is 26.9 Å². The molecule has 0 spiro atoms. The molecule has 0 atom stereocenters. The Kier molecular flexibility index (Phi) is 11.7. The van der Waals surface area contributed by atoms with Crippen molar-refractivity contribution in [1.82, 2.24) is 0 Å². The second kappa shape index (κ2) is 15.5. The summed E-state index contributed by atoms with van der Waals surface area (Å²) < 4.78 is 16.4. The molecule has 0 aliphatic rings. The highest BCUT2D eigenvalue weighted by Gasteiger charge is 2.05. The first-order valence-corrected chi connectivity index (χ1v) is 12.7. The molecule has 2 N–H and O–H groups in total. The van der Waals surface area contributed by atoms with E-state index in [1.54, 1.807) is 25.3 Å². The maximum absolute atomic E-state index is 12.1. The highest BCUT2D eigenvalue weighted by Crippen LogP contribution is 2.25.